The van der Waals surface area contributed by atoms with E-state index < -0.39 is 0 Å². The number of rotatable bonds is 2. The Labute approximate surface area is 97.1 Å². The third-order valence-electron chi connectivity index (χ3n) is 2.30. The molecule has 1 aliphatic rings. The van der Waals surface area contributed by atoms with Crippen molar-refractivity contribution in [1.29, 1.82) is 0 Å². The molecule has 0 amide bonds. The van der Waals surface area contributed by atoms with E-state index in [4.69, 9.17) is 9.47 Å². The Morgan fingerprint density at radius 3 is 3.07 bits per heavy atom. The Morgan fingerprint density at radius 1 is 1.53 bits per heavy atom. The molecule has 4 heteroatoms. The van der Waals surface area contributed by atoms with Gasteiger partial charge in [-0.3, -0.25) is 0 Å². The highest BCUT2D eigenvalue weighted by molar-refractivity contribution is 9.10. The Bertz CT molecular complexity index is 363. The Hall–Kier alpha value is -0.580. The lowest BCUT2D eigenvalue weighted by atomic mass is 10.1. The largest absolute Gasteiger partial charge is 0.467 e. The molecule has 1 aromatic rings. The fraction of sp³-hybridized carbons (Fsp3) is 0.455. The van der Waals surface area contributed by atoms with Crippen molar-refractivity contribution in [1.82, 2.24) is 0 Å². The molecule has 0 fully saturated rings. The molecule has 1 aromatic carbocycles. The number of aliphatic hydroxyl groups is 1. The number of hydrogen-bond donors (Lipinski definition) is 1. The fourth-order valence-electron chi connectivity index (χ4n) is 1.62. The third kappa shape index (κ3) is 2.51. The van der Waals surface area contributed by atoms with Gasteiger partial charge in [-0.2, -0.15) is 0 Å². The third-order valence-corrected chi connectivity index (χ3v) is 3.04. The zero-order valence-electron chi connectivity index (χ0n) is 8.50. The number of ether oxygens (including phenoxy) is 2. The highest BCUT2D eigenvalue weighted by Crippen LogP contribution is 2.30. The summed E-state index contributed by atoms with van der Waals surface area (Å²) in [4.78, 5) is 0. The van der Waals surface area contributed by atoms with Gasteiger partial charge in [-0.1, -0.05) is 15.9 Å². The van der Waals surface area contributed by atoms with Crippen LogP contribution in [0.2, 0.25) is 0 Å². The first kappa shape index (κ1) is 10.9. The van der Waals surface area contributed by atoms with Gasteiger partial charge in [0.25, 0.3) is 0 Å². The Kier molecular flexibility index (Phi) is 3.29. The lowest BCUT2D eigenvalue weighted by molar-refractivity contribution is -0.0164. The van der Waals surface area contributed by atoms with E-state index in [1.807, 2.05) is 12.1 Å². The van der Waals surface area contributed by atoms with Crippen LogP contribution >= 0.6 is 15.9 Å². The summed E-state index contributed by atoms with van der Waals surface area (Å²) in [6.07, 6.45) is 0.275. The maximum atomic E-state index is 9.35. The lowest BCUT2D eigenvalue weighted by Crippen LogP contribution is -2.13. The van der Waals surface area contributed by atoms with Crippen molar-refractivity contribution in [3.63, 3.8) is 0 Å². The van der Waals surface area contributed by atoms with Gasteiger partial charge in [0.1, 0.15) is 5.75 Å². The smallest absolute Gasteiger partial charge is 0.189 e. The van der Waals surface area contributed by atoms with Crippen LogP contribution in [0.4, 0.5) is 0 Å². The van der Waals surface area contributed by atoms with E-state index in [1.54, 1.807) is 6.92 Å². The van der Waals surface area contributed by atoms with E-state index in [0.29, 0.717) is 19.8 Å². The van der Waals surface area contributed by atoms with Crippen LogP contribution in [0.5, 0.6) is 5.75 Å². The quantitative estimate of drug-likeness (QED) is 0.898. The molecule has 0 saturated heterocycles. The molecule has 3 nitrogen and oxygen atoms in total. The molecule has 0 aliphatic carbocycles. The van der Waals surface area contributed by atoms with Crippen LogP contribution in [-0.4, -0.2) is 18.0 Å². The number of hydrogen-bond acceptors (Lipinski definition) is 3. The fourth-order valence-corrected chi connectivity index (χ4v) is 2.17. The van der Waals surface area contributed by atoms with Crippen molar-refractivity contribution in [3.8, 4) is 5.75 Å². The van der Waals surface area contributed by atoms with Crippen molar-refractivity contribution in [2.45, 2.75) is 26.1 Å². The van der Waals surface area contributed by atoms with E-state index >= 15 is 0 Å². The molecule has 0 radical (unpaired) electrons. The standard InChI is InChI=1S/C11H13BrO3/c1-7(13)2-8-4-11-9(3-10(8)12)5-14-6-15-11/h3-4,7,13H,2,5-6H2,1H3. The molecule has 1 aliphatic heterocycles. The minimum atomic E-state index is -0.348. The molecule has 0 spiro atoms. The monoisotopic (exact) mass is 272 g/mol. The van der Waals surface area contributed by atoms with E-state index in [0.717, 1.165) is 21.3 Å². The van der Waals surface area contributed by atoms with Crippen LogP contribution in [0, 0.1) is 0 Å². The minimum absolute atomic E-state index is 0.308. The normalized spacial score (nSPS) is 16.7. The van der Waals surface area contributed by atoms with Crippen LogP contribution in [0.3, 0.4) is 0 Å². The summed E-state index contributed by atoms with van der Waals surface area (Å²) in [6, 6.07) is 3.96. The van der Waals surface area contributed by atoms with Crippen molar-refractivity contribution in [3.05, 3.63) is 27.7 Å². The molecule has 1 N–H and O–H groups in total. The van der Waals surface area contributed by atoms with Gasteiger partial charge in [0.15, 0.2) is 6.79 Å². The maximum absolute atomic E-state index is 9.35. The van der Waals surface area contributed by atoms with E-state index in [1.165, 1.54) is 0 Å². The molecule has 1 unspecified atom stereocenters. The second kappa shape index (κ2) is 4.51. The van der Waals surface area contributed by atoms with Gasteiger partial charge in [0, 0.05) is 10.0 Å². The van der Waals surface area contributed by atoms with Gasteiger partial charge in [-0.05, 0) is 31.0 Å². The summed E-state index contributed by atoms with van der Waals surface area (Å²) >= 11 is 3.48. The molecule has 0 saturated carbocycles. The average Bonchev–Trinajstić information content (AvgIpc) is 2.18. The highest BCUT2D eigenvalue weighted by Gasteiger charge is 2.14. The maximum Gasteiger partial charge on any atom is 0.189 e. The minimum Gasteiger partial charge on any atom is -0.467 e. The van der Waals surface area contributed by atoms with Crippen LogP contribution < -0.4 is 4.74 Å². The first-order valence-corrected chi connectivity index (χ1v) is 5.66. The Morgan fingerprint density at radius 2 is 2.33 bits per heavy atom. The summed E-state index contributed by atoms with van der Waals surface area (Å²) in [5, 5.41) is 9.35. The summed E-state index contributed by atoms with van der Waals surface area (Å²) in [5.41, 5.74) is 2.10. The van der Waals surface area contributed by atoms with Crippen molar-refractivity contribution in [2.24, 2.45) is 0 Å². The molecule has 82 valence electrons. The summed E-state index contributed by atoms with van der Waals surface area (Å²) in [6.45, 7) is 2.67. The van der Waals surface area contributed by atoms with Gasteiger partial charge in [-0.25, -0.2) is 0 Å². The predicted octanol–water partition coefficient (Wildman–Crippen LogP) is 2.24. The first-order chi connectivity index (χ1) is 7.16. The second-order valence-electron chi connectivity index (χ2n) is 3.72. The molecule has 2 rings (SSSR count). The van der Waals surface area contributed by atoms with Crippen LogP contribution in [0.1, 0.15) is 18.1 Å². The molecular weight excluding hydrogens is 260 g/mol. The van der Waals surface area contributed by atoms with Gasteiger partial charge in [-0.15, -0.1) is 0 Å². The second-order valence-corrected chi connectivity index (χ2v) is 4.57. The molecule has 15 heavy (non-hydrogen) atoms. The topological polar surface area (TPSA) is 38.7 Å². The zero-order chi connectivity index (χ0) is 10.8. The van der Waals surface area contributed by atoms with Crippen molar-refractivity contribution < 1.29 is 14.6 Å². The average molecular weight is 273 g/mol. The van der Waals surface area contributed by atoms with E-state index in [9.17, 15) is 5.11 Å². The number of benzene rings is 1. The predicted molar refractivity (Wildman–Crippen MR) is 59.8 cm³/mol. The zero-order valence-corrected chi connectivity index (χ0v) is 10.1. The lowest BCUT2D eigenvalue weighted by Gasteiger charge is -2.19. The van der Waals surface area contributed by atoms with Crippen LogP contribution in [0.25, 0.3) is 0 Å². The van der Waals surface area contributed by atoms with Gasteiger partial charge in [0.05, 0.1) is 12.7 Å². The molecule has 1 atom stereocenters. The number of aliphatic hydroxyl groups excluding tert-OH is 1. The van der Waals surface area contributed by atoms with Crippen LogP contribution in [-0.2, 0) is 17.8 Å². The highest BCUT2D eigenvalue weighted by atomic mass is 79.9. The molecule has 0 aromatic heterocycles. The number of fused-ring (bicyclic) bond motifs is 1. The van der Waals surface area contributed by atoms with Crippen LogP contribution in [0.15, 0.2) is 16.6 Å². The molecule has 0 bridgehead atoms. The molecule has 1 heterocycles. The summed E-state index contributed by atoms with van der Waals surface area (Å²) < 4.78 is 11.6. The summed E-state index contributed by atoms with van der Waals surface area (Å²) in [5.74, 6) is 0.861. The molecular formula is C11H13BrO3. The Balaban J connectivity index is 2.32. The van der Waals surface area contributed by atoms with Crippen molar-refractivity contribution in [2.75, 3.05) is 6.79 Å². The van der Waals surface area contributed by atoms with E-state index in [-0.39, 0.29) is 6.10 Å². The van der Waals surface area contributed by atoms with Gasteiger partial charge >= 0.3 is 0 Å². The SMILES string of the molecule is CC(O)Cc1cc2c(cc1Br)COCO2. The van der Waals surface area contributed by atoms with Gasteiger partial charge < -0.3 is 14.6 Å². The number of halogens is 1. The van der Waals surface area contributed by atoms with Gasteiger partial charge in [0.2, 0.25) is 0 Å². The first-order valence-electron chi connectivity index (χ1n) is 4.86. The van der Waals surface area contributed by atoms with Crippen molar-refractivity contribution >= 4 is 15.9 Å². The summed E-state index contributed by atoms with van der Waals surface area (Å²) in [7, 11) is 0. The van der Waals surface area contributed by atoms with E-state index in [2.05, 4.69) is 15.9 Å².